The van der Waals surface area contributed by atoms with Crippen molar-refractivity contribution in [2.24, 2.45) is 0 Å². The van der Waals surface area contributed by atoms with Gasteiger partial charge in [0.25, 0.3) is 0 Å². The molecule has 76 valence electrons. The molecule has 1 saturated carbocycles. The standard InChI is InChI=1S/C10H9ClN4/c1-6-4-7(5-6)9-13-14-10-8(11)12-2-3-15(9)10/h2-3,7H,1,4-5H2. The number of allylic oxidation sites excluding steroid dienone is 1. The van der Waals surface area contributed by atoms with E-state index in [0.29, 0.717) is 16.7 Å². The molecule has 2 aromatic rings. The van der Waals surface area contributed by atoms with Crippen molar-refractivity contribution in [3.8, 4) is 0 Å². The first-order valence-corrected chi connectivity index (χ1v) is 5.15. The smallest absolute Gasteiger partial charge is 0.198 e. The van der Waals surface area contributed by atoms with Crippen LogP contribution in [0.5, 0.6) is 0 Å². The number of aromatic nitrogens is 4. The number of fused-ring (bicyclic) bond motifs is 1. The molecule has 1 fully saturated rings. The Bertz CT molecular complexity index is 537. The largest absolute Gasteiger partial charge is 0.282 e. The summed E-state index contributed by atoms with van der Waals surface area (Å²) in [5, 5.41) is 8.59. The van der Waals surface area contributed by atoms with Crippen molar-refractivity contribution >= 4 is 17.2 Å². The van der Waals surface area contributed by atoms with Crippen molar-refractivity contribution in [3.63, 3.8) is 0 Å². The average molecular weight is 221 g/mol. The van der Waals surface area contributed by atoms with Crippen LogP contribution in [-0.4, -0.2) is 19.6 Å². The van der Waals surface area contributed by atoms with Crippen LogP contribution in [0.2, 0.25) is 5.15 Å². The molecule has 0 amide bonds. The molecule has 2 heterocycles. The molecule has 0 N–H and O–H groups in total. The Kier molecular flexibility index (Phi) is 1.79. The van der Waals surface area contributed by atoms with E-state index in [1.165, 1.54) is 5.57 Å². The van der Waals surface area contributed by atoms with Crippen LogP contribution >= 0.6 is 11.6 Å². The predicted molar refractivity (Wildman–Crippen MR) is 56.9 cm³/mol. The zero-order valence-electron chi connectivity index (χ0n) is 8.02. The van der Waals surface area contributed by atoms with Gasteiger partial charge in [0.2, 0.25) is 0 Å². The number of halogens is 1. The second kappa shape index (κ2) is 3.03. The lowest BCUT2D eigenvalue weighted by Gasteiger charge is -2.26. The Hall–Kier alpha value is -1.42. The van der Waals surface area contributed by atoms with Crippen LogP contribution in [0.3, 0.4) is 0 Å². The van der Waals surface area contributed by atoms with Crippen molar-refractivity contribution in [2.75, 3.05) is 0 Å². The van der Waals surface area contributed by atoms with Gasteiger partial charge in [-0.25, -0.2) is 4.98 Å². The molecule has 0 spiro atoms. The number of nitrogens with zero attached hydrogens (tertiary/aromatic N) is 4. The quantitative estimate of drug-likeness (QED) is 0.692. The van der Waals surface area contributed by atoms with Crippen LogP contribution in [0.25, 0.3) is 5.65 Å². The van der Waals surface area contributed by atoms with Crippen LogP contribution in [0.15, 0.2) is 24.5 Å². The summed E-state index contributed by atoms with van der Waals surface area (Å²) in [5.41, 5.74) is 1.91. The molecule has 0 aliphatic heterocycles. The maximum atomic E-state index is 5.91. The van der Waals surface area contributed by atoms with Gasteiger partial charge in [-0.15, -0.1) is 10.2 Å². The molecular weight excluding hydrogens is 212 g/mol. The molecule has 1 aliphatic rings. The molecule has 0 aromatic carbocycles. The highest BCUT2D eigenvalue weighted by molar-refractivity contribution is 6.32. The molecule has 5 heteroatoms. The fourth-order valence-electron chi connectivity index (χ4n) is 1.91. The Morgan fingerprint density at radius 3 is 2.93 bits per heavy atom. The van der Waals surface area contributed by atoms with Crippen molar-refractivity contribution in [1.82, 2.24) is 19.6 Å². The molecule has 3 rings (SSSR count). The van der Waals surface area contributed by atoms with E-state index >= 15 is 0 Å². The minimum Gasteiger partial charge on any atom is -0.282 e. The van der Waals surface area contributed by atoms with Gasteiger partial charge in [0.1, 0.15) is 5.82 Å². The van der Waals surface area contributed by atoms with E-state index in [1.54, 1.807) is 6.20 Å². The molecule has 2 aromatic heterocycles. The molecule has 15 heavy (non-hydrogen) atoms. The van der Waals surface area contributed by atoms with Crippen LogP contribution in [0.4, 0.5) is 0 Å². The highest BCUT2D eigenvalue weighted by Crippen LogP contribution is 2.39. The Balaban J connectivity index is 2.12. The monoisotopic (exact) mass is 220 g/mol. The fraction of sp³-hybridized carbons (Fsp3) is 0.300. The summed E-state index contributed by atoms with van der Waals surface area (Å²) in [6.45, 7) is 3.92. The summed E-state index contributed by atoms with van der Waals surface area (Å²) in [7, 11) is 0. The highest BCUT2D eigenvalue weighted by Gasteiger charge is 2.27. The summed E-state index contributed by atoms with van der Waals surface area (Å²) in [5.74, 6) is 1.40. The van der Waals surface area contributed by atoms with Crippen molar-refractivity contribution in [2.45, 2.75) is 18.8 Å². The second-order valence-corrected chi connectivity index (χ2v) is 4.18. The van der Waals surface area contributed by atoms with E-state index < -0.39 is 0 Å². The number of hydrogen-bond acceptors (Lipinski definition) is 3. The zero-order chi connectivity index (χ0) is 10.4. The molecule has 0 saturated heterocycles. The topological polar surface area (TPSA) is 43.1 Å². The van der Waals surface area contributed by atoms with Crippen LogP contribution in [-0.2, 0) is 0 Å². The van der Waals surface area contributed by atoms with E-state index in [1.807, 2.05) is 10.6 Å². The van der Waals surface area contributed by atoms with Gasteiger partial charge in [0, 0.05) is 18.3 Å². The Morgan fingerprint density at radius 2 is 2.20 bits per heavy atom. The molecular formula is C10H9ClN4. The van der Waals surface area contributed by atoms with E-state index in [9.17, 15) is 0 Å². The van der Waals surface area contributed by atoms with E-state index in [0.717, 1.165) is 18.7 Å². The van der Waals surface area contributed by atoms with Gasteiger partial charge in [0.05, 0.1) is 0 Å². The van der Waals surface area contributed by atoms with Crippen molar-refractivity contribution < 1.29 is 0 Å². The summed E-state index contributed by atoms with van der Waals surface area (Å²) in [4.78, 5) is 3.96. The lowest BCUT2D eigenvalue weighted by atomic mass is 9.80. The fourth-order valence-corrected chi connectivity index (χ4v) is 2.10. The van der Waals surface area contributed by atoms with Crippen LogP contribution in [0.1, 0.15) is 24.6 Å². The van der Waals surface area contributed by atoms with Gasteiger partial charge in [0.15, 0.2) is 10.8 Å². The van der Waals surface area contributed by atoms with E-state index in [2.05, 4.69) is 21.8 Å². The van der Waals surface area contributed by atoms with E-state index in [-0.39, 0.29) is 0 Å². The molecule has 0 atom stereocenters. The lowest BCUT2D eigenvalue weighted by Crippen LogP contribution is -2.15. The minimum atomic E-state index is 0.398. The third kappa shape index (κ3) is 1.25. The third-order valence-corrected chi connectivity index (χ3v) is 3.01. The first-order chi connectivity index (χ1) is 7.25. The average Bonchev–Trinajstić information content (AvgIpc) is 2.58. The predicted octanol–water partition coefficient (Wildman–Crippen LogP) is 2.21. The maximum Gasteiger partial charge on any atom is 0.198 e. The maximum absolute atomic E-state index is 5.91. The summed E-state index contributed by atoms with van der Waals surface area (Å²) in [6, 6.07) is 0. The molecule has 0 bridgehead atoms. The number of rotatable bonds is 1. The Morgan fingerprint density at radius 1 is 1.40 bits per heavy atom. The minimum absolute atomic E-state index is 0.398. The van der Waals surface area contributed by atoms with Crippen LogP contribution < -0.4 is 0 Å². The Labute approximate surface area is 91.6 Å². The first kappa shape index (κ1) is 8.85. The molecule has 0 unspecified atom stereocenters. The zero-order valence-corrected chi connectivity index (χ0v) is 8.78. The first-order valence-electron chi connectivity index (χ1n) is 4.77. The normalized spacial score (nSPS) is 17.0. The van der Waals surface area contributed by atoms with Gasteiger partial charge in [-0.3, -0.25) is 4.40 Å². The summed E-state index contributed by atoms with van der Waals surface area (Å²) in [6.07, 6.45) is 5.51. The van der Waals surface area contributed by atoms with Gasteiger partial charge >= 0.3 is 0 Å². The van der Waals surface area contributed by atoms with Gasteiger partial charge < -0.3 is 0 Å². The van der Waals surface area contributed by atoms with Gasteiger partial charge in [-0.2, -0.15) is 0 Å². The van der Waals surface area contributed by atoms with Gasteiger partial charge in [-0.05, 0) is 12.8 Å². The lowest BCUT2D eigenvalue weighted by molar-refractivity contribution is 0.518. The molecule has 1 aliphatic carbocycles. The van der Waals surface area contributed by atoms with Gasteiger partial charge in [-0.1, -0.05) is 23.8 Å². The van der Waals surface area contributed by atoms with Crippen molar-refractivity contribution in [3.05, 3.63) is 35.5 Å². The molecule has 4 nitrogen and oxygen atoms in total. The highest BCUT2D eigenvalue weighted by atomic mass is 35.5. The SMILES string of the molecule is C=C1CC(c2nnc3c(Cl)nccn23)C1. The van der Waals surface area contributed by atoms with E-state index in [4.69, 9.17) is 11.6 Å². The third-order valence-electron chi connectivity index (χ3n) is 2.75. The second-order valence-electron chi connectivity index (χ2n) is 3.83. The van der Waals surface area contributed by atoms with Crippen LogP contribution in [0, 0.1) is 0 Å². The van der Waals surface area contributed by atoms with Crippen molar-refractivity contribution in [1.29, 1.82) is 0 Å². The number of hydrogen-bond donors (Lipinski definition) is 0. The molecule has 0 radical (unpaired) electrons. The summed E-state index contributed by atoms with van der Waals surface area (Å²) >= 11 is 5.91. The summed E-state index contributed by atoms with van der Waals surface area (Å²) < 4.78 is 1.91.